The first-order valence-electron chi connectivity index (χ1n) is 7.32. The van der Waals surface area contributed by atoms with Crippen molar-refractivity contribution in [2.75, 3.05) is 19.3 Å². The molecule has 0 unspecified atom stereocenters. The highest BCUT2D eigenvalue weighted by molar-refractivity contribution is 7.88. The number of hydrogen-bond acceptors (Lipinski definition) is 4. The van der Waals surface area contributed by atoms with Gasteiger partial charge in [0.05, 0.1) is 12.3 Å². The zero-order valence-corrected chi connectivity index (χ0v) is 14.2. The molecule has 1 aromatic heterocycles. The number of nitrogens with zero attached hydrogens (tertiary/aromatic N) is 1. The molecular weight excluding hydrogens is 316 g/mol. The number of thiophene rings is 1. The van der Waals surface area contributed by atoms with E-state index in [4.69, 9.17) is 0 Å². The summed E-state index contributed by atoms with van der Waals surface area (Å²) in [6.45, 7) is 2.23. The standard InChI is InChI=1S/C16H20N2O2S2/c1-22(19,20)17-11-15(16-7-4-10-21-16)18-9-8-13-5-2-3-6-14(13)12-18/h2-7,10,15,17H,8-9,11-12H2,1H3/t15-/m0/s1. The Hall–Kier alpha value is -1.21. The van der Waals surface area contributed by atoms with Gasteiger partial charge in [-0.25, -0.2) is 13.1 Å². The summed E-state index contributed by atoms with van der Waals surface area (Å²) in [5, 5.41) is 2.04. The molecule has 0 spiro atoms. The Morgan fingerprint density at radius 1 is 1.23 bits per heavy atom. The predicted molar refractivity (Wildman–Crippen MR) is 90.5 cm³/mol. The fraction of sp³-hybridized carbons (Fsp3) is 0.375. The zero-order valence-electron chi connectivity index (χ0n) is 12.5. The number of nitrogens with one attached hydrogen (secondary N) is 1. The van der Waals surface area contributed by atoms with E-state index in [2.05, 4.69) is 40.0 Å². The third-order valence-corrected chi connectivity index (χ3v) is 5.68. The van der Waals surface area contributed by atoms with Crippen LogP contribution < -0.4 is 4.72 Å². The summed E-state index contributed by atoms with van der Waals surface area (Å²) in [6, 6.07) is 12.7. The molecule has 0 saturated carbocycles. The maximum atomic E-state index is 11.5. The van der Waals surface area contributed by atoms with Gasteiger partial charge in [0, 0.05) is 24.5 Å². The smallest absolute Gasteiger partial charge is 0.208 e. The van der Waals surface area contributed by atoms with Crippen molar-refractivity contribution in [2.24, 2.45) is 0 Å². The quantitative estimate of drug-likeness (QED) is 0.912. The zero-order chi connectivity index (χ0) is 15.6. The van der Waals surface area contributed by atoms with E-state index in [0.717, 1.165) is 19.5 Å². The monoisotopic (exact) mass is 336 g/mol. The lowest BCUT2D eigenvalue weighted by molar-refractivity contribution is 0.183. The molecule has 1 N–H and O–H groups in total. The normalized spacial score (nSPS) is 17.1. The lowest BCUT2D eigenvalue weighted by Crippen LogP contribution is -2.40. The van der Waals surface area contributed by atoms with Crippen LogP contribution in [0.15, 0.2) is 41.8 Å². The van der Waals surface area contributed by atoms with Crippen molar-refractivity contribution in [2.45, 2.75) is 19.0 Å². The van der Waals surface area contributed by atoms with E-state index in [9.17, 15) is 8.42 Å². The van der Waals surface area contributed by atoms with E-state index in [1.54, 1.807) is 11.3 Å². The molecule has 3 rings (SSSR count). The Morgan fingerprint density at radius 3 is 2.68 bits per heavy atom. The molecule has 1 aliphatic heterocycles. The molecule has 1 atom stereocenters. The molecule has 22 heavy (non-hydrogen) atoms. The summed E-state index contributed by atoms with van der Waals surface area (Å²) in [7, 11) is -3.18. The average molecular weight is 336 g/mol. The number of rotatable bonds is 5. The SMILES string of the molecule is CS(=O)(=O)NC[C@@H](c1cccs1)N1CCc2ccccc2C1. The molecule has 0 radical (unpaired) electrons. The van der Waals surface area contributed by atoms with E-state index in [0.29, 0.717) is 6.54 Å². The van der Waals surface area contributed by atoms with E-state index in [1.807, 2.05) is 11.4 Å². The summed E-state index contributed by atoms with van der Waals surface area (Å²) in [5.41, 5.74) is 2.74. The van der Waals surface area contributed by atoms with Crippen molar-refractivity contribution in [1.82, 2.24) is 9.62 Å². The van der Waals surface area contributed by atoms with Crippen LogP contribution >= 0.6 is 11.3 Å². The summed E-state index contributed by atoms with van der Waals surface area (Å²) in [6.07, 6.45) is 2.22. The number of hydrogen-bond donors (Lipinski definition) is 1. The minimum atomic E-state index is -3.18. The van der Waals surface area contributed by atoms with Gasteiger partial charge in [0.2, 0.25) is 10.0 Å². The molecule has 0 fully saturated rings. The summed E-state index contributed by atoms with van der Waals surface area (Å²) in [4.78, 5) is 3.57. The summed E-state index contributed by atoms with van der Waals surface area (Å²) < 4.78 is 25.6. The van der Waals surface area contributed by atoms with Gasteiger partial charge in [-0.1, -0.05) is 30.3 Å². The Morgan fingerprint density at radius 2 is 2.00 bits per heavy atom. The van der Waals surface area contributed by atoms with Gasteiger partial charge in [-0.2, -0.15) is 0 Å². The van der Waals surface area contributed by atoms with Crippen LogP contribution in [0.1, 0.15) is 22.0 Å². The molecule has 2 aromatic rings. The van der Waals surface area contributed by atoms with Gasteiger partial charge < -0.3 is 0 Å². The Labute approximate surface area is 135 Å². The van der Waals surface area contributed by atoms with Crippen LogP contribution in [0.5, 0.6) is 0 Å². The maximum Gasteiger partial charge on any atom is 0.208 e. The third-order valence-electron chi connectivity index (χ3n) is 4.01. The van der Waals surface area contributed by atoms with Crippen molar-refractivity contribution in [3.05, 3.63) is 57.8 Å². The second-order valence-corrected chi connectivity index (χ2v) is 8.45. The van der Waals surface area contributed by atoms with Gasteiger partial charge in [-0.05, 0) is 29.0 Å². The Bertz CT molecular complexity index is 726. The Kier molecular flexibility index (Phi) is 4.63. The lowest BCUT2D eigenvalue weighted by atomic mass is 9.98. The summed E-state index contributed by atoms with van der Waals surface area (Å²) in [5.74, 6) is 0. The molecule has 0 bridgehead atoms. The van der Waals surface area contributed by atoms with Crippen LogP contribution in [0.25, 0.3) is 0 Å². The molecule has 0 amide bonds. The van der Waals surface area contributed by atoms with E-state index in [-0.39, 0.29) is 6.04 Å². The lowest BCUT2D eigenvalue weighted by Gasteiger charge is -2.35. The topological polar surface area (TPSA) is 49.4 Å². The predicted octanol–water partition coefficient (Wildman–Crippen LogP) is 2.40. The molecule has 1 aliphatic rings. The minimum Gasteiger partial charge on any atom is -0.290 e. The highest BCUT2D eigenvalue weighted by Gasteiger charge is 2.26. The van der Waals surface area contributed by atoms with Crippen molar-refractivity contribution < 1.29 is 8.42 Å². The van der Waals surface area contributed by atoms with Crippen LogP contribution in [0, 0.1) is 0 Å². The maximum absolute atomic E-state index is 11.5. The fourth-order valence-electron chi connectivity index (χ4n) is 2.90. The second-order valence-electron chi connectivity index (χ2n) is 5.64. The molecule has 0 aliphatic carbocycles. The molecule has 1 aromatic carbocycles. The number of benzene rings is 1. The molecule has 0 saturated heterocycles. The van der Waals surface area contributed by atoms with Crippen LogP contribution in [0.3, 0.4) is 0 Å². The number of sulfonamides is 1. The molecule has 6 heteroatoms. The van der Waals surface area contributed by atoms with Gasteiger partial charge in [-0.15, -0.1) is 11.3 Å². The largest absolute Gasteiger partial charge is 0.290 e. The first-order chi connectivity index (χ1) is 10.5. The van der Waals surface area contributed by atoms with Crippen molar-refractivity contribution >= 4 is 21.4 Å². The van der Waals surface area contributed by atoms with Gasteiger partial charge >= 0.3 is 0 Å². The molecule has 2 heterocycles. The van der Waals surface area contributed by atoms with Crippen LogP contribution in [-0.2, 0) is 23.0 Å². The van der Waals surface area contributed by atoms with Crippen molar-refractivity contribution in [3.8, 4) is 0 Å². The summed E-state index contributed by atoms with van der Waals surface area (Å²) >= 11 is 1.68. The minimum absolute atomic E-state index is 0.0862. The molecular formula is C16H20N2O2S2. The van der Waals surface area contributed by atoms with Gasteiger partial charge in [0.1, 0.15) is 0 Å². The van der Waals surface area contributed by atoms with Gasteiger partial charge in [0.15, 0.2) is 0 Å². The van der Waals surface area contributed by atoms with Gasteiger partial charge in [-0.3, -0.25) is 4.90 Å². The van der Waals surface area contributed by atoms with Crippen LogP contribution in [-0.4, -0.2) is 32.7 Å². The van der Waals surface area contributed by atoms with Crippen LogP contribution in [0.4, 0.5) is 0 Å². The first kappa shape index (κ1) is 15.7. The van der Waals surface area contributed by atoms with Crippen LogP contribution in [0.2, 0.25) is 0 Å². The Balaban J connectivity index is 1.81. The van der Waals surface area contributed by atoms with Crippen molar-refractivity contribution in [1.29, 1.82) is 0 Å². The first-order valence-corrected chi connectivity index (χ1v) is 10.1. The molecule has 4 nitrogen and oxygen atoms in total. The number of fused-ring (bicyclic) bond motifs is 1. The highest BCUT2D eigenvalue weighted by Crippen LogP contribution is 2.30. The van der Waals surface area contributed by atoms with E-state index >= 15 is 0 Å². The molecule has 118 valence electrons. The van der Waals surface area contributed by atoms with E-state index < -0.39 is 10.0 Å². The average Bonchev–Trinajstić information content (AvgIpc) is 3.00. The fourth-order valence-corrected chi connectivity index (χ4v) is 4.23. The van der Waals surface area contributed by atoms with Gasteiger partial charge in [0.25, 0.3) is 0 Å². The third kappa shape index (κ3) is 3.76. The second kappa shape index (κ2) is 6.50. The highest BCUT2D eigenvalue weighted by atomic mass is 32.2. The van der Waals surface area contributed by atoms with E-state index in [1.165, 1.54) is 22.3 Å². The van der Waals surface area contributed by atoms with Crippen molar-refractivity contribution in [3.63, 3.8) is 0 Å².